The van der Waals surface area contributed by atoms with Crippen LogP contribution in [0.5, 0.6) is 11.5 Å². The number of anilines is 1. The van der Waals surface area contributed by atoms with E-state index in [1.54, 1.807) is 24.7 Å². The zero-order valence-electron chi connectivity index (χ0n) is 16.5. The minimum atomic E-state index is -0.247. The number of carbonyl (C=O) groups excluding carboxylic acids is 1. The maximum Gasteiger partial charge on any atom is 0.262 e. The van der Waals surface area contributed by atoms with Crippen molar-refractivity contribution in [3.8, 4) is 17.6 Å². The third kappa shape index (κ3) is 6.36. The van der Waals surface area contributed by atoms with Gasteiger partial charge in [-0.3, -0.25) is 4.79 Å². The van der Waals surface area contributed by atoms with Gasteiger partial charge in [-0.25, -0.2) is 0 Å². The van der Waals surface area contributed by atoms with E-state index in [0.29, 0.717) is 17.2 Å². The molecule has 0 saturated carbocycles. The molecule has 0 aliphatic heterocycles. The highest BCUT2D eigenvalue weighted by atomic mass is 32.2. The molecular formula is C22H24N2O3S. The second-order valence-electron chi connectivity index (χ2n) is 7.03. The lowest BCUT2D eigenvalue weighted by Crippen LogP contribution is -2.22. The topological polar surface area (TPSA) is 71.3 Å². The number of hydrogen-bond acceptors (Lipinski definition) is 5. The Morgan fingerprint density at radius 1 is 1.25 bits per heavy atom. The van der Waals surface area contributed by atoms with Gasteiger partial charge < -0.3 is 14.8 Å². The molecule has 0 aliphatic rings. The molecule has 0 aromatic heterocycles. The molecule has 0 saturated heterocycles. The summed E-state index contributed by atoms with van der Waals surface area (Å²) in [6.45, 7) is 6.17. The number of allylic oxidation sites excluding steroid dienone is 1. The van der Waals surface area contributed by atoms with Gasteiger partial charge in [0.25, 0.3) is 5.91 Å². The fourth-order valence-corrected chi connectivity index (χ4v) is 3.10. The zero-order chi connectivity index (χ0) is 20.6. The van der Waals surface area contributed by atoms with Crippen molar-refractivity contribution in [3.63, 3.8) is 0 Å². The fraction of sp³-hybridized carbons (Fsp3) is 0.273. The van der Waals surface area contributed by atoms with Gasteiger partial charge in [0.05, 0.1) is 13.2 Å². The lowest BCUT2D eigenvalue weighted by atomic mass is 9.86. The molecule has 0 fully saturated rings. The molecule has 1 N–H and O–H groups in total. The van der Waals surface area contributed by atoms with Crippen molar-refractivity contribution in [3.05, 3.63) is 59.5 Å². The minimum Gasteiger partial charge on any atom is -0.497 e. The number of amides is 1. The Morgan fingerprint density at radius 3 is 2.71 bits per heavy atom. The van der Waals surface area contributed by atoms with Crippen LogP contribution < -0.4 is 14.8 Å². The van der Waals surface area contributed by atoms with Crippen LogP contribution in [-0.4, -0.2) is 19.6 Å². The molecule has 0 heterocycles. The molecule has 1 amide bonds. The van der Waals surface area contributed by atoms with Gasteiger partial charge in [-0.05, 0) is 41.2 Å². The Bertz CT molecular complexity index is 895. The van der Waals surface area contributed by atoms with E-state index in [1.807, 2.05) is 36.4 Å². The molecule has 6 heteroatoms. The van der Waals surface area contributed by atoms with Crippen molar-refractivity contribution in [2.75, 3.05) is 19.0 Å². The summed E-state index contributed by atoms with van der Waals surface area (Å²) >= 11 is 1.46. The van der Waals surface area contributed by atoms with E-state index in [4.69, 9.17) is 14.7 Å². The van der Waals surface area contributed by atoms with Crippen LogP contribution in [0.15, 0.2) is 58.8 Å². The van der Waals surface area contributed by atoms with E-state index in [1.165, 1.54) is 17.8 Å². The molecule has 5 nitrogen and oxygen atoms in total. The number of methoxy groups -OCH3 is 1. The van der Waals surface area contributed by atoms with Gasteiger partial charge in [0.15, 0.2) is 6.61 Å². The van der Waals surface area contributed by atoms with Gasteiger partial charge in [0, 0.05) is 28.3 Å². The van der Waals surface area contributed by atoms with Gasteiger partial charge in [-0.2, -0.15) is 5.26 Å². The van der Waals surface area contributed by atoms with Crippen LogP contribution in [0.25, 0.3) is 0 Å². The minimum absolute atomic E-state index is 0.0961. The zero-order valence-corrected chi connectivity index (χ0v) is 17.3. The average Bonchev–Trinajstić information content (AvgIpc) is 2.66. The van der Waals surface area contributed by atoms with Crippen molar-refractivity contribution in [2.24, 2.45) is 0 Å². The second kappa shape index (κ2) is 9.86. The third-order valence-corrected chi connectivity index (χ3v) is 4.62. The summed E-state index contributed by atoms with van der Waals surface area (Å²) in [6, 6.07) is 14.9. The summed E-state index contributed by atoms with van der Waals surface area (Å²) in [4.78, 5) is 13.3. The molecule has 0 aliphatic carbocycles. The first-order valence-electron chi connectivity index (χ1n) is 8.76. The Morgan fingerprint density at radius 2 is 2.04 bits per heavy atom. The highest BCUT2D eigenvalue weighted by molar-refractivity contribution is 8.02. The predicted octanol–water partition coefficient (Wildman–Crippen LogP) is 5.14. The van der Waals surface area contributed by atoms with Crippen LogP contribution in [0.1, 0.15) is 26.3 Å². The lowest BCUT2D eigenvalue weighted by Gasteiger charge is -2.23. The van der Waals surface area contributed by atoms with E-state index >= 15 is 0 Å². The number of rotatable bonds is 7. The van der Waals surface area contributed by atoms with Crippen LogP contribution in [0.2, 0.25) is 0 Å². The maximum atomic E-state index is 12.3. The molecule has 0 bridgehead atoms. The van der Waals surface area contributed by atoms with E-state index in [0.717, 1.165) is 10.5 Å². The first kappa shape index (κ1) is 21.4. The summed E-state index contributed by atoms with van der Waals surface area (Å²) in [5, 5.41) is 13.2. The molecule has 2 rings (SSSR count). The molecule has 146 valence electrons. The SMILES string of the molecule is COc1cccc(NC(=O)COc2ccc(SC=CC#N)cc2C(C)(C)C)c1. The maximum absolute atomic E-state index is 12.3. The highest BCUT2D eigenvalue weighted by Gasteiger charge is 2.20. The number of carbonyl (C=O) groups is 1. The number of thioether (sulfide) groups is 1. The highest BCUT2D eigenvalue weighted by Crippen LogP contribution is 2.35. The van der Waals surface area contributed by atoms with Crippen LogP contribution >= 0.6 is 11.8 Å². The molecule has 0 radical (unpaired) electrons. The average molecular weight is 397 g/mol. The Hall–Kier alpha value is -2.91. The predicted molar refractivity (Wildman–Crippen MR) is 113 cm³/mol. The van der Waals surface area contributed by atoms with Gasteiger partial charge >= 0.3 is 0 Å². The fourth-order valence-electron chi connectivity index (χ4n) is 2.48. The number of nitrogens with zero attached hydrogens (tertiary/aromatic N) is 1. The summed E-state index contributed by atoms with van der Waals surface area (Å²) in [6.07, 6.45) is 1.44. The van der Waals surface area contributed by atoms with Crippen LogP contribution in [0.3, 0.4) is 0 Å². The smallest absolute Gasteiger partial charge is 0.262 e. The second-order valence-corrected chi connectivity index (χ2v) is 8.01. The van der Waals surface area contributed by atoms with Crippen LogP contribution in [0.4, 0.5) is 5.69 Å². The normalized spacial score (nSPS) is 11.1. The Balaban J connectivity index is 2.08. The largest absolute Gasteiger partial charge is 0.497 e. The molecule has 0 atom stereocenters. The quantitative estimate of drug-likeness (QED) is 0.518. The standard InChI is InChI=1S/C22H24N2O3S/c1-22(2,3)19-14-18(28-12-6-11-23)9-10-20(19)27-15-21(25)24-16-7-5-8-17(13-16)26-4/h5-10,12-14H,15H2,1-4H3,(H,24,25). The first-order chi connectivity index (χ1) is 13.3. The number of benzene rings is 2. The monoisotopic (exact) mass is 396 g/mol. The molecular weight excluding hydrogens is 372 g/mol. The van der Waals surface area contributed by atoms with Gasteiger partial charge in [0.2, 0.25) is 0 Å². The molecule has 0 unspecified atom stereocenters. The summed E-state index contributed by atoms with van der Waals surface area (Å²) in [7, 11) is 1.58. The van der Waals surface area contributed by atoms with Crippen molar-refractivity contribution in [2.45, 2.75) is 31.1 Å². The van der Waals surface area contributed by atoms with E-state index in [2.05, 4.69) is 26.1 Å². The number of nitrogens with one attached hydrogen (secondary N) is 1. The van der Waals surface area contributed by atoms with E-state index < -0.39 is 0 Å². The summed E-state index contributed by atoms with van der Waals surface area (Å²) < 4.78 is 11.0. The molecule has 0 spiro atoms. The number of hydrogen-bond donors (Lipinski definition) is 1. The van der Waals surface area contributed by atoms with Gasteiger partial charge in [-0.15, -0.1) is 0 Å². The third-order valence-electron chi connectivity index (χ3n) is 3.82. The van der Waals surface area contributed by atoms with Crippen molar-refractivity contribution >= 4 is 23.4 Å². The Labute approximate surface area is 170 Å². The van der Waals surface area contributed by atoms with E-state index in [9.17, 15) is 4.79 Å². The lowest BCUT2D eigenvalue weighted by molar-refractivity contribution is -0.118. The first-order valence-corrected chi connectivity index (χ1v) is 9.64. The van der Waals surface area contributed by atoms with Crippen molar-refractivity contribution < 1.29 is 14.3 Å². The van der Waals surface area contributed by atoms with Crippen LogP contribution in [0, 0.1) is 11.3 Å². The van der Waals surface area contributed by atoms with Crippen molar-refractivity contribution in [1.82, 2.24) is 0 Å². The summed E-state index contributed by atoms with van der Waals surface area (Å²) in [5.41, 5.74) is 1.49. The molecule has 2 aromatic rings. The number of ether oxygens (including phenoxy) is 2. The summed E-state index contributed by atoms with van der Waals surface area (Å²) in [5.74, 6) is 1.10. The van der Waals surface area contributed by atoms with Crippen molar-refractivity contribution in [1.29, 1.82) is 5.26 Å². The van der Waals surface area contributed by atoms with Gasteiger partial charge in [-0.1, -0.05) is 38.6 Å². The molecule has 28 heavy (non-hydrogen) atoms. The van der Waals surface area contributed by atoms with Gasteiger partial charge in [0.1, 0.15) is 11.5 Å². The number of nitriles is 1. The van der Waals surface area contributed by atoms with Crippen LogP contribution in [-0.2, 0) is 10.2 Å². The van der Waals surface area contributed by atoms with E-state index in [-0.39, 0.29) is 17.9 Å². The Kier molecular flexibility index (Phi) is 7.53. The molecule has 2 aromatic carbocycles.